The normalized spacial score (nSPS) is 15.5. The van der Waals surface area contributed by atoms with E-state index in [0.29, 0.717) is 18.5 Å². The van der Waals surface area contributed by atoms with E-state index >= 15 is 0 Å². The zero-order valence-electron chi connectivity index (χ0n) is 14.1. The number of nitrogens with one attached hydrogen (secondary N) is 1. The van der Waals surface area contributed by atoms with Crippen LogP contribution in [0.2, 0.25) is 0 Å². The molecule has 1 heterocycles. The molecule has 0 spiro atoms. The molecule has 11 heteroatoms. The number of halogens is 3. The molecule has 1 aromatic rings. The Hall–Kier alpha value is -2.85. The van der Waals surface area contributed by atoms with Crippen molar-refractivity contribution in [2.24, 2.45) is 16.5 Å². The number of aromatic nitrogens is 2. The van der Waals surface area contributed by atoms with Crippen LogP contribution in [0.1, 0.15) is 29.8 Å². The third-order valence-corrected chi connectivity index (χ3v) is 3.97. The number of hydrogen-bond acceptors (Lipinski definition) is 5. The zero-order valence-corrected chi connectivity index (χ0v) is 14.1. The molecule has 0 aliphatic heterocycles. The molecule has 8 nitrogen and oxygen atoms in total. The SMILES string of the molecule is CN=C(C(N)=O)C(=CN)NC(=O)Cn1nc(C(F)(F)F)c2c1CCCC2. The summed E-state index contributed by atoms with van der Waals surface area (Å²) in [6.07, 6.45) is -1.60. The van der Waals surface area contributed by atoms with Crippen LogP contribution in [0.15, 0.2) is 16.9 Å². The van der Waals surface area contributed by atoms with Crippen LogP contribution >= 0.6 is 0 Å². The van der Waals surface area contributed by atoms with Gasteiger partial charge in [-0.3, -0.25) is 19.3 Å². The maximum atomic E-state index is 13.2. The van der Waals surface area contributed by atoms with E-state index in [9.17, 15) is 22.8 Å². The van der Waals surface area contributed by atoms with Crippen molar-refractivity contribution in [2.75, 3.05) is 7.05 Å². The molecule has 0 radical (unpaired) electrons. The van der Waals surface area contributed by atoms with Gasteiger partial charge in [0, 0.05) is 24.5 Å². The first-order valence-corrected chi connectivity index (χ1v) is 7.83. The molecule has 2 amide bonds. The van der Waals surface area contributed by atoms with Crippen molar-refractivity contribution in [1.29, 1.82) is 0 Å². The number of alkyl halides is 3. The summed E-state index contributed by atoms with van der Waals surface area (Å²) in [5, 5.41) is 5.92. The van der Waals surface area contributed by atoms with Gasteiger partial charge in [0.15, 0.2) is 5.69 Å². The number of nitrogens with zero attached hydrogens (tertiary/aromatic N) is 3. The smallest absolute Gasteiger partial charge is 0.403 e. The first-order valence-electron chi connectivity index (χ1n) is 7.83. The van der Waals surface area contributed by atoms with E-state index in [1.807, 2.05) is 0 Å². The van der Waals surface area contributed by atoms with E-state index in [4.69, 9.17) is 11.5 Å². The molecule has 26 heavy (non-hydrogen) atoms. The summed E-state index contributed by atoms with van der Waals surface area (Å²) in [5.41, 5.74) is 9.71. The molecule has 0 unspecified atom stereocenters. The number of amides is 2. The lowest BCUT2D eigenvalue weighted by Crippen LogP contribution is -2.37. The first-order chi connectivity index (χ1) is 12.2. The van der Waals surface area contributed by atoms with Gasteiger partial charge in [0.25, 0.3) is 5.91 Å². The second-order valence-corrected chi connectivity index (χ2v) is 5.70. The predicted octanol–water partition coefficient (Wildman–Crippen LogP) is 0.253. The number of carbonyl (C=O) groups excluding carboxylic acids is 2. The number of nitrogens with two attached hydrogens (primary N) is 2. The first kappa shape index (κ1) is 19.5. The minimum atomic E-state index is -4.58. The fraction of sp³-hybridized carbons (Fsp3) is 0.467. The Morgan fingerprint density at radius 3 is 2.54 bits per heavy atom. The Bertz CT molecular complexity index is 779. The Balaban J connectivity index is 2.24. The summed E-state index contributed by atoms with van der Waals surface area (Å²) in [4.78, 5) is 27.1. The second kappa shape index (κ2) is 7.58. The lowest BCUT2D eigenvalue weighted by atomic mass is 9.95. The minimum Gasteiger partial charge on any atom is -0.403 e. The highest BCUT2D eigenvalue weighted by Gasteiger charge is 2.39. The van der Waals surface area contributed by atoms with E-state index < -0.39 is 30.2 Å². The average molecular weight is 372 g/mol. The van der Waals surface area contributed by atoms with E-state index in [2.05, 4.69) is 15.4 Å². The number of fused-ring (bicyclic) bond motifs is 1. The summed E-state index contributed by atoms with van der Waals surface area (Å²) < 4.78 is 40.5. The Labute approximate surface area is 147 Å². The van der Waals surface area contributed by atoms with Gasteiger partial charge < -0.3 is 16.8 Å². The van der Waals surface area contributed by atoms with Crippen molar-refractivity contribution in [3.63, 3.8) is 0 Å². The third kappa shape index (κ3) is 4.03. The number of hydrogen-bond donors (Lipinski definition) is 3. The zero-order chi connectivity index (χ0) is 19.5. The standard InChI is InChI=1S/C15H19F3N6O2/c1-21-12(14(20)26)9(6-19)22-11(25)7-24-10-5-3-2-4-8(10)13(23-24)15(16,17)18/h6H,2-5,7,19H2,1H3,(H2,20,26)(H,22,25). The molecule has 0 saturated heterocycles. The van der Waals surface area contributed by atoms with Gasteiger partial charge >= 0.3 is 6.18 Å². The molecular weight excluding hydrogens is 353 g/mol. The highest BCUT2D eigenvalue weighted by Crippen LogP contribution is 2.35. The van der Waals surface area contributed by atoms with Crippen molar-refractivity contribution in [3.05, 3.63) is 28.8 Å². The average Bonchev–Trinajstić information content (AvgIpc) is 2.93. The quantitative estimate of drug-likeness (QED) is 0.640. The lowest BCUT2D eigenvalue weighted by molar-refractivity contribution is -0.142. The molecule has 0 aromatic carbocycles. The molecule has 0 atom stereocenters. The van der Waals surface area contributed by atoms with Gasteiger partial charge in [0.1, 0.15) is 12.3 Å². The Morgan fingerprint density at radius 1 is 1.35 bits per heavy atom. The number of primary amides is 1. The van der Waals surface area contributed by atoms with Crippen LogP contribution in [-0.4, -0.2) is 34.4 Å². The van der Waals surface area contributed by atoms with Crippen molar-refractivity contribution in [2.45, 2.75) is 38.4 Å². The topological polar surface area (TPSA) is 128 Å². The lowest BCUT2D eigenvalue weighted by Gasteiger charge is -2.15. The number of carbonyl (C=O) groups is 2. The van der Waals surface area contributed by atoms with Crippen LogP contribution in [0.5, 0.6) is 0 Å². The fourth-order valence-corrected chi connectivity index (χ4v) is 2.90. The van der Waals surface area contributed by atoms with Crippen LogP contribution in [0, 0.1) is 0 Å². The molecule has 0 bridgehead atoms. The Morgan fingerprint density at radius 2 is 2.00 bits per heavy atom. The molecule has 142 valence electrons. The number of rotatable bonds is 5. The van der Waals surface area contributed by atoms with Gasteiger partial charge in [-0.1, -0.05) is 0 Å². The van der Waals surface area contributed by atoms with Gasteiger partial charge in [-0.2, -0.15) is 18.3 Å². The third-order valence-electron chi connectivity index (χ3n) is 3.97. The maximum absolute atomic E-state index is 13.2. The van der Waals surface area contributed by atoms with Crippen LogP contribution in [0.3, 0.4) is 0 Å². The van der Waals surface area contributed by atoms with Crippen molar-refractivity contribution in [1.82, 2.24) is 15.1 Å². The van der Waals surface area contributed by atoms with Gasteiger partial charge in [0.05, 0.1) is 5.70 Å². The van der Waals surface area contributed by atoms with E-state index in [-0.39, 0.29) is 23.4 Å². The van der Waals surface area contributed by atoms with Crippen LogP contribution in [-0.2, 0) is 35.2 Å². The maximum Gasteiger partial charge on any atom is 0.435 e. The summed E-state index contributed by atoms with van der Waals surface area (Å²) in [5.74, 6) is -1.60. The van der Waals surface area contributed by atoms with E-state index in [1.54, 1.807) is 0 Å². The van der Waals surface area contributed by atoms with Crippen LogP contribution < -0.4 is 16.8 Å². The molecule has 0 saturated carbocycles. The Kier molecular flexibility index (Phi) is 5.68. The largest absolute Gasteiger partial charge is 0.435 e. The van der Waals surface area contributed by atoms with Crippen molar-refractivity contribution >= 4 is 17.5 Å². The van der Waals surface area contributed by atoms with E-state index in [0.717, 1.165) is 17.3 Å². The van der Waals surface area contributed by atoms with E-state index in [1.165, 1.54) is 7.05 Å². The number of aliphatic imine (C=N–C) groups is 1. The molecule has 1 aromatic heterocycles. The summed E-state index contributed by atoms with van der Waals surface area (Å²) in [6.45, 7) is -0.453. The molecular formula is C15H19F3N6O2. The monoisotopic (exact) mass is 372 g/mol. The van der Waals surface area contributed by atoms with Gasteiger partial charge in [-0.05, 0) is 25.7 Å². The predicted molar refractivity (Wildman–Crippen MR) is 86.8 cm³/mol. The molecule has 0 fully saturated rings. The van der Waals surface area contributed by atoms with Gasteiger partial charge in [-0.15, -0.1) is 0 Å². The molecule has 2 rings (SSSR count). The van der Waals surface area contributed by atoms with Gasteiger partial charge in [0.2, 0.25) is 5.91 Å². The fourth-order valence-electron chi connectivity index (χ4n) is 2.90. The van der Waals surface area contributed by atoms with Crippen LogP contribution in [0.4, 0.5) is 13.2 Å². The minimum absolute atomic E-state index is 0.123. The van der Waals surface area contributed by atoms with Crippen molar-refractivity contribution in [3.8, 4) is 0 Å². The van der Waals surface area contributed by atoms with Crippen LogP contribution in [0.25, 0.3) is 0 Å². The summed E-state index contributed by atoms with van der Waals surface area (Å²) >= 11 is 0. The molecule has 1 aliphatic rings. The summed E-state index contributed by atoms with van der Waals surface area (Å²) in [6, 6.07) is 0. The van der Waals surface area contributed by atoms with Gasteiger partial charge in [-0.25, -0.2) is 0 Å². The second-order valence-electron chi connectivity index (χ2n) is 5.70. The highest BCUT2D eigenvalue weighted by molar-refractivity contribution is 6.45. The van der Waals surface area contributed by atoms with Crippen molar-refractivity contribution < 1.29 is 22.8 Å². The summed E-state index contributed by atoms with van der Waals surface area (Å²) in [7, 11) is 1.29. The molecule has 1 aliphatic carbocycles. The highest BCUT2D eigenvalue weighted by atomic mass is 19.4. The molecule has 5 N–H and O–H groups in total.